The van der Waals surface area contributed by atoms with E-state index in [1.807, 2.05) is 23.1 Å². The van der Waals surface area contributed by atoms with Gasteiger partial charge in [0, 0.05) is 12.0 Å². The summed E-state index contributed by atoms with van der Waals surface area (Å²) >= 11 is 0. The van der Waals surface area contributed by atoms with Crippen molar-refractivity contribution in [2.24, 2.45) is 5.41 Å². The van der Waals surface area contributed by atoms with Crippen LogP contribution in [0.1, 0.15) is 42.0 Å². The average Bonchev–Trinajstić information content (AvgIpc) is 2.79. The summed E-state index contributed by atoms with van der Waals surface area (Å²) in [6.45, 7) is 4.56. The lowest BCUT2D eigenvalue weighted by molar-refractivity contribution is -0.0300. The number of phenolic OH excluding ortho intramolecular Hbond substituents is 1. The molecule has 5 nitrogen and oxygen atoms in total. The van der Waals surface area contributed by atoms with Gasteiger partial charge in [0.15, 0.2) is 0 Å². The summed E-state index contributed by atoms with van der Waals surface area (Å²) < 4.78 is 5.95. The van der Waals surface area contributed by atoms with Gasteiger partial charge in [-0.1, -0.05) is 36.4 Å². The average molecular weight is 392 g/mol. The lowest BCUT2D eigenvalue weighted by Crippen LogP contribution is -2.51. The Bertz CT molecular complexity index is 873. The van der Waals surface area contributed by atoms with Crippen LogP contribution in [-0.4, -0.2) is 53.8 Å². The zero-order valence-electron chi connectivity index (χ0n) is 16.7. The zero-order valence-corrected chi connectivity index (χ0v) is 16.7. The van der Waals surface area contributed by atoms with Crippen LogP contribution >= 0.6 is 0 Å². The number of hydrogen-bond acceptors (Lipinski definition) is 4. The molecule has 1 N–H and O–H groups in total. The van der Waals surface area contributed by atoms with E-state index in [1.54, 1.807) is 12.1 Å². The van der Waals surface area contributed by atoms with Crippen molar-refractivity contribution in [1.82, 2.24) is 9.80 Å². The van der Waals surface area contributed by atoms with Gasteiger partial charge < -0.3 is 14.7 Å². The SMILES string of the molecule is O=C(OCC12CCN(CC1)CC2)N1CCc2ccccc2[C@H]1c1ccc(O)cc1. The Morgan fingerprint density at radius 1 is 1.00 bits per heavy atom. The van der Waals surface area contributed by atoms with E-state index < -0.39 is 0 Å². The van der Waals surface area contributed by atoms with Gasteiger partial charge in [0.2, 0.25) is 0 Å². The second-order valence-corrected chi connectivity index (χ2v) is 8.78. The van der Waals surface area contributed by atoms with Gasteiger partial charge in [-0.2, -0.15) is 0 Å². The molecular formula is C24H28N2O3. The van der Waals surface area contributed by atoms with Crippen molar-refractivity contribution in [1.29, 1.82) is 0 Å². The predicted molar refractivity (Wildman–Crippen MR) is 111 cm³/mol. The highest BCUT2D eigenvalue weighted by Crippen LogP contribution is 2.41. The third-order valence-electron chi connectivity index (χ3n) is 7.10. The van der Waals surface area contributed by atoms with E-state index >= 15 is 0 Å². The fourth-order valence-electron chi connectivity index (χ4n) is 5.19. The first-order valence-corrected chi connectivity index (χ1v) is 10.7. The Labute approximate surface area is 171 Å². The molecule has 0 saturated carbocycles. The van der Waals surface area contributed by atoms with Crippen molar-refractivity contribution in [3.63, 3.8) is 0 Å². The summed E-state index contributed by atoms with van der Waals surface area (Å²) in [5.41, 5.74) is 3.58. The molecule has 0 unspecified atom stereocenters. The van der Waals surface area contributed by atoms with E-state index in [0.717, 1.165) is 56.4 Å². The molecule has 4 aliphatic heterocycles. The fraction of sp³-hybridized carbons (Fsp3) is 0.458. The molecule has 0 spiro atoms. The molecule has 4 heterocycles. The summed E-state index contributed by atoms with van der Waals surface area (Å²) in [6, 6.07) is 15.3. The number of ether oxygens (including phenoxy) is 1. The molecule has 152 valence electrons. The number of benzene rings is 2. The molecule has 5 heteroatoms. The van der Waals surface area contributed by atoms with Crippen LogP contribution in [0.3, 0.4) is 0 Å². The standard InChI is InChI=1S/C24H28N2O3/c27-20-7-5-19(6-8-20)22-21-4-2-1-3-18(21)9-13-26(22)23(28)29-17-24-10-14-25(15-11-24)16-12-24/h1-8,22,27H,9-17H2/t22-/m1/s1. The van der Waals surface area contributed by atoms with Crippen LogP contribution in [0.15, 0.2) is 48.5 Å². The Morgan fingerprint density at radius 3 is 2.41 bits per heavy atom. The maximum Gasteiger partial charge on any atom is 0.410 e. The molecule has 0 radical (unpaired) electrons. The number of piperidine rings is 3. The molecular weight excluding hydrogens is 364 g/mol. The number of hydrogen-bond donors (Lipinski definition) is 1. The number of amides is 1. The largest absolute Gasteiger partial charge is 0.508 e. The number of phenols is 1. The first kappa shape index (κ1) is 18.5. The zero-order chi connectivity index (χ0) is 19.8. The first-order valence-electron chi connectivity index (χ1n) is 10.7. The van der Waals surface area contributed by atoms with Crippen LogP contribution < -0.4 is 0 Å². The van der Waals surface area contributed by atoms with E-state index in [4.69, 9.17) is 4.74 Å². The summed E-state index contributed by atoms with van der Waals surface area (Å²) in [5, 5.41) is 9.70. The van der Waals surface area contributed by atoms with Gasteiger partial charge in [0.25, 0.3) is 0 Å². The molecule has 1 amide bonds. The fourth-order valence-corrected chi connectivity index (χ4v) is 5.19. The highest BCUT2D eigenvalue weighted by molar-refractivity contribution is 5.70. The van der Waals surface area contributed by atoms with Crippen molar-refractivity contribution >= 4 is 6.09 Å². The smallest absolute Gasteiger partial charge is 0.410 e. The third kappa shape index (κ3) is 3.48. The summed E-state index contributed by atoms with van der Waals surface area (Å²) in [7, 11) is 0. The number of rotatable bonds is 3. The molecule has 0 aliphatic carbocycles. The van der Waals surface area contributed by atoms with Crippen molar-refractivity contribution < 1.29 is 14.6 Å². The van der Waals surface area contributed by atoms with E-state index in [1.165, 1.54) is 5.56 Å². The quantitative estimate of drug-likeness (QED) is 0.859. The molecule has 2 bridgehead atoms. The first-order chi connectivity index (χ1) is 14.1. The second kappa shape index (κ2) is 7.38. The van der Waals surface area contributed by atoms with Crippen molar-refractivity contribution in [3.8, 4) is 5.75 Å². The summed E-state index contributed by atoms with van der Waals surface area (Å²) in [4.78, 5) is 17.6. The van der Waals surface area contributed by atoms with Crippen molar-refractivity contribution in [2.45, 2.75) is 31.7 Å². The molecule has 4 aliphatic rings. The van der Waals surface area contributed by atoms with Crippen LogP contribution in [0.4, 0.5) is 4.79 Å². The topological polar surface area (TPSA) is 53.0 Å². The van der Waals surface area contributed by atoms with Crippen LogP contribution in [0.2, 0.25) is 0 Å². The molecule has 3 fully saturated rings. The molecule has 1 atom stereocenters. The highest BCUT2D eigenvalue weighted by atomic mass is 16.6. The minimum absolute atomic E-state index is 0.173. The van der Waals surface area contributed by atoms with Gasteiger partial charge in [0.1, 0.15) is 5.75 Å². The lowest BCUT2D eigenvalue weighted by atomic mass is 9.73. The maximum atomic E-state index is 13.2. The van der Waals surface area contributed by atoms with Crippen LogP contribution in [0, 0.1) is 5.41 Å². The van der Waals surface area contributed by atoms with E-state index in [-0.39, 0.29) is 23.3 Å². The highest BCUT2D eigenvalue weighted by Gasteiger charge is 2.41. The number of carbonyl (C=O) groups excluding carboxylic acids is 1. The van der Waals surface area contributed by atoms with Crippen molar-refractivity contribution in [2.75, 3.05) is 32.8 Å². The van der Waals surface area contributed by atoms with E-state index in [2.05, 4.69) is 23.1 Å². The van der Waals surface area contributed by atoms with Crippen LogP contribution in [0.25, 0.3) is 0 Å². The minimum Gasteiger partial charge on any atom is -0.508 e. The Balaban J connectivity index is 1.38. The molecule has 29 heavy (non-hydrogen) atoms. The molecule has 0 aromatic heterocycles. The Morgan fingerprint density at radius 2 is 1.69 bits per heavy atom. The van der Waals surface area contributed by atoms with Gasteiger partial charge >= 0.3 is 6.09 Å². The van der Waals surface area contributed by atoms with Gasteiger partial charge in [0.05, 0.1) is 12.6 Å². The third-order valence-corrected chi connectivity index (χ3v) is 7.10. The number of carbonyl (C=O) groups is 1. The van der Waals surface area contributed by atoms with Crippen LogP contribution in [0.5, 0.6) is 5.75 Å². The molecule has 3 saturated heterocycles. The van der Waals surface area contributed by atoms with E-state index in [0.29, 0.717) is 13.2 Å². The minimum atomic E-state index is -0.222. The lowest BCUT2D eigenvalue weighted by Gasteiger charge is -2.48. The summed E-state index contributed by atoms with van der Waals surface area (Å²) in [5.74, 6) is 0.231. The van der Waals surface area contributed by atoms with E-state index in [9.17, 15) is 9.90 Å². The number of fused-ring (bicyclic) bond motifs is 4. The number of nitrogens with zero attached hydrogens (tertiary/aromatic N) is 2. The van der Waals surface area contributed by atoms with Gasteiger partial charge in [-0.25, -0.2) is 4.79 Å². The predicted octanol–water partition coefficient (Wildman–Crippen LogP) is 3.96. The second-order valence-electron chi connectivity index (χ2n) is 8.78. The number of aromatic hydroxyl groups is 1. The van der Waals surface area contributed by atoms with Gasteiger partial charge in [-0.3, -0.25) is 4.90 Å². The maximum absolute atomic E-state index is 13.2. The van der Waals surface area contributed by atoms with Gasteiger partial charge in [-0.15, -0.1) is 0 Å². The molecule has 2 aromatic rings. The summed E-state index contributed by atoms with van der Waals surface area (Å²) in [6.07, 6.45) is 4.00. The molecule has 2 aromatic carbocycles. The van der Waals surface area contributed by atoms with Crippen molar-refractivity contribution in [3.05, 3.63) is 65.2 Å². The van der Waals surface area contributed by atoms with Crippen LogP contribution in [-0.2, 0) is 11.2 Å². The van der Waals surface area contributed by atoms with Gasteiger partial charge in [-0.05, 0) is 74.1 Å². The molecule has 6 rings (SSSR count). The Kier molecular flexibility index (Phi) is 4.70. The Hall–Kier alpha value is -2.53. The normalized spacial score (nSPS) is 28.1. The monoisotopic (exact) mass is 392 g/mol.